The standard InChI is InChI=1S/C20H19N3OS/c1-13-19(14(2)23(22-13)16-9-4-3-5-10-16)21-20(24)18-12-15-8-6-7-11-17(15)25-18/h3-11,18H,12H2,1-2H3,(H,21,24). The first kappa shape index (κ1) is 16.0. The minimum Gasteiger partial charge on any atom is -0.322 e. The van der Waals surface area contributed by atoms with E-state index in [0.29, 0.717) is 0 Å². The Hall–Kier alpha value is -2.53. The topological polar surface area (TPSA) is 46.9 Å². The summed E-state index contributed by atoms with van der Waals surface area (Å²) in [6.45, 7) is 3.91. The van der Waals surface area contributed by atoms with Crippen LogP contribution in [0.2, 0.25) is 0 Å². The average molecular weight is 349 g/mol. The van der Waals surface area contributed by atoms with E-state index in [0.717, 1.165) is 29.2 Å². The van der Waals surface area contributed by atoms with Crippen LogP contribution in [0.25, 0.3) is 5.69 Å². The second-order valence-corrected chi connectivity index (χ2v) is 7.45. The number of rotatable bonds is 3. The van der Waals surface area contributed by atoms with Gasteiger partial charge in [-0.1, -0.05) is 36.4 Å². The van der Waals surface area contributed by atoms with Gasteiger partial charge in [0.2, 0.25) is 5.91 Å². The molecule has 1 N–H and O–H groups in total. The molecule has 0 aliphatic carbocycles. The molecule has 0 bridgehead atoms. The third-order valence-electron chi connectivity index (χ3n) is 4.48. The van der Waals surface area contributed by atoms with Crippen molar-refractivity contribution in [3.63, 3.8) is 0 Å². The summed E-state index contributed by atoms with van der Waals surface area (Å²) in [7, 11) is 0. The van der Waals surface area contributed by atoms with Gasteiger partial charge in [0.05, 0.1) is 28.0 Å². The van der Waals surface area contributed by atoms with Gasteiger partial charge in [0.15, 0.2) is 0 Å². The van der Waals surface area contributed by atoms with Crippen molar-refractivity contribution in [3.8, 4) is 5.69 Å². The van der Waals surface area contributed by atoms with Crippen molar-refractivity contribution >= 4 is 23.4 Å². The Balaban J connectivity index is 1.56. The zero-order chi connectivity index (χ0) is 17.4. The third kappa shape index (κ3) is 2.96. The van der Waals surface area contributed by atoms with E-state index in [2.05, 4.69) is 22.5 Å². The van der Waals surface area contributed by atoms with E-state index in [9.17, 15) is 4.79 Å². The number of aromatic nitrogens is 2. The van der Waals surface area contributed by atoms with Crippen LogP contribution in [-0.2, 0) is 11.2 Å². The number of carbonyl (C=O) groups excluding carboxylic acids is 1. The summed E-state index contributed by atoms with van der Waals surface area (Å²) in [5, 5.41) is 7.61. The number of anilines is 1. The molecule has 1 aliphatic heterocycles. The molecule has 0 spiro atoms. The minimum atomic E-state index is -0.0868. The van der Waals surface area contributed by atoms with E-state index < -0.39 is 0 Å². The molecule has 25 heavy (non-hydrogen) atoms. The van der Waals surface area contributed by atoms with Gasteiger partial charge in [0, 0.05) is 4.90 Å². The Labute approximate surface area is 151 Å². The molecule has 2 heterocycles. The summed E-state index contributed by atoms with van der Waals surface area (Å²) in [6.07, 6.45) is 0.775. The van der Waals surface area contributed by atoms with Gasteiger partial charge in [-0.2, -0.15) is 5.10 Å². The lowest BCUT2D eigenvalue weighted by Gasteiger charge is -2.10. The van der Waals surface area contributed by atoms with E-state index in [1.807, 2.05) is 61.0 Å². The molecule has 1 aliphatic rings. The van der Waals surface area contributed by atoms with Crippen LogP contribution in [0.1, 0.15) is 17.0 Å². The first-order valence-electron chi connectivity index (χ1n) is 8.30. The van der Waals surface area contributed by atoms with E-state index >= 15 is 0 Å². The lowest BCUT2D eigenvalue weighted by Crippen LogP contribution is -2.25. The lowest BCUT2D eigenvalue weighted by atomic mass is 10.1. The predicted octanol–water partition coefficient (Wildman–Crippen LogP) is 4.14. The second kappa shape index (κ2) is 6.41. The predicted molar refractivity (Wildman–Crippen MR) is 101 cm³/mol. The highest BCUT2D eigenvalue weighted by Crippen LogP contribution is 2.37. The number of amides is 1. The Kier molecular flexibility index (Phi) is 4.09. The maximum atomic E-state index is 12.8. The third-order valence-corrected chi connectivity index (χ3v) is 5.80. The number of hydrogen-bond donors (Lipinski definition) is 1. The lowest BCUT2D eigenvalue weighted by molar-refractivity contribution is -0.115. The van der Waals surface area contributed by atoms with Gasteiger partial charge in [-0.3, -0.25) is 4.79 Å². The smallest absolute Gasteiger partial charge is 0.238 e. The molecule has 1 amide bonds. The Morgan fingerprint density at radius 3 is 2.60 bits per heavy atom. The van der Waals surface area contributed by atoms with Gasteiger partial charge in [-0.05, 0) is 44.0 Å². The maximum Gasteiger partial charge on any atom is 0.238 e. The number of thioether (sulfide) groups is 1. The summed E-state index contributed by atoms with van der Waals surface area (Å²) >= 11 is 1.64. The van der Waals surface area contributed by atoms with Crippen LogP contribution >= 0.6 is 11.8 Å². The molecule has 0 saturated carbocycles. The van der Waals surface area contributed by atoms with Crippen molar-refractivity contribution in [1.82, 2.24) is 9.78 Å². The molecule has 0 saturated heterocycles. The van der Waals surface area contributed by atoms with Crippen molar-refractivity contribution in [3.05, 3.63) is 71.5 Å². The van der Waals surface area contributed by atoms with Crippen molar-refractivity contribution in [2.45, 2.75) is 30.4 Å². The van der Waals surface area contributed by atoms with Gasteiger partial charge in [0.25, 0.3) is 0 Å². The van der Waals surface area contributed by atoms with Gasteiger partial charge in [0.1, 0.15) is 0 Å². The van der Waals surface area contributed by atoms with Crippen LogP contribution in [0.15, 0.2) is 59.5 Å². The largest absolute Gasteiger partial charge is 0.322 e. The Morgan fingerprint density at radius 1 is 1.12 bits per heavy atom. The molecule has 4 nitrogen and oxygen atoms in total. The minimum absolute atomic E-state index is 0.0417. The number of nitrogens with zero attached hydrogens (tertiary/aromatic N) is 2. The number of carbonyl (C=O) groups is 1. The first-order valence-corrected chi connectivity index (χ1v) is 9.18. The van der Waals surface area contributed by atoms with Crippen LogP contribution in [0.4, 0.5) is 5.69 Å². The normalized spacial score (nSPS) is 15.8. The zero-order valence-electron chi connectivity index (χ0n) is 14.2. The van der Waals surface area contributed by atoms with Crippen LogP contribution in [-0.4, -0.2) is 20.9 Å². The maximum absolute atomic E-state index is 12.8. The second-order valence-electron chi connectivity index (χ2n) is 6.20. The summed E-state index contributed by atoms with van der Waals surface area (Å²) in [5.41, 5.74) is 4.82. The monoisotopic (exact) mass is 349 g/mol. The molecule has 0 fully saturated rings. The SMILES string of the molecule is Cc1nn(-c2ccccc2)c(C)c1NC(=O)C1Cc2ccccc2S1. The van der Waals surface area contributed by atoms with Gasteiger partial charge in [-0.25, -0.2) is 4.68 Å². The van der Waals surface area contributed by atoms with Crippen LogP contribution in [0, 0.1) is 13.8 Å². The molecule has 2 aromatic carbocycles. The number of nitrogens with one attached hydrogen (secondary N) is 1. The molecule has 4 rings (SSSR count). The average Bonchev–Trinajstić information content (AvgIpc) is 3.19. The fourth-order valence-corrected chi connectivity index (χ4v) is 4.37. The number of benzene rings is 2. The number of fused-ring (bicyclic) bond motifs is 1. The van der Waals surface area contributed by atoms with E-state index in [4.69, 9.17) is 0 Å². The zero-order valence-corrected chi connectivity index (χ0v) is 15.0. The molecule has 126 valence electrons. The quantitative estimate of drug-likeness (QED) is 0.773. The van der Waals surface area contributed by atoms with Crippen LogP contribution < -0.4 is 5.32 Å². The first-order chi connectivity index (χ1) is 12.1. The Morgan fingerprint density at radius 2 is 1.84 bits per heavy atom. The van der Waals surface area contributed by atoms with Gasteiger partial charge >= 0.3 is 0 Å². The van der Waals surface area contributed by atoms with Crippen molar-refractivity contribution in [2.75, 3.05) is 5.32 Å². The van der Waals surface area contributed by atoms with Gasteiger partial charge in [-0.15, -0.1) is 11.8 Å². The van der Waals surface area contributed by atoms with E-state index in [1.165, 1.54) is 10.5 Å². The van der Waals surface area contributed by atoms with E-state index in [-0.39, 0.29) is 11.2 Å². The van der Waals surface area contributed by atoms with Gasteiger partial charge < -0.3 is 5.32 Å². The fraction of sp³-hybridized carbons (Fsp3) is 0.200. The van der Waals surface area contributed by atoms with Crippen LogP contribution in [0.3, 0.4) is 0 Å². The molecule has 3 aromatic rings. The van der Waals surface area contributed by atoms with E-state index in [1.54, 1.807) is 11.8 Å². The molecular formula is C20H19N3OS. The number of aryl methyl sites for hydroxylation is 1. The Bertz CT molecular complexity index is 908. The molecule has 1 atom stereocenters. The molecule has 1 aromatic heterocycles. The molecule has 5 heteroatoms. The summed E-state index contributed by atoms with van der Waals surface area (Å²) in [4.78, 5) is 14.0. The summed E-state index contributed by atoms with van der Waals surface area (Å²) < 4.78 is 1.88. The highest BCUT2D eigenvalue weighted by atomic mass is 32.2. The van der Waals surface area contributed by atoms with Crippen molar-refractivity contribution in [1.29, 1.82) is 0 Å². The number of para-hydroxylation sites is 1. The van der Waals surface area contributed by atoms with Crippen molar-refractivity contribution < 1.29 is 4.79 Å². The molecular weight excluding hydrogens is 330 g/mol. The highest BCUT2D eigenvalue weighted by Gasteiger charge is 2.29. The van der Waals surface area contributed by atoms with Crippen molar-refractivity contribution in [2.24, 2.45) is 0 Å². The number of hydrogen-bond acceptors (Lipinski definition) is 3. The summed E-state index contributed by atoms with van der Waals surface area (Å²) in [6, 6.07) is 18.2. The fourth-order valence-electron chi connectivity index (χ4n) is 3.18. The summed E-state index contributed by atoms with van der Waals surface area (Å²) in [5.74, 6) is 0.0417. The molecule has 1 unspecified atom stereocenters. The van der Waals surface area contributed by atoms with Crippen LogP contribution in [0.5, 0.6) is 0 Å². The highest BCUT2D eigenvalue weighted by molar-refractivity contribution is 8.01. The molecule has 0 radical (unpaired) electrons.